The molecule has 0 saturated carbocycles. The van der Waals surface area contributed by atoms with Crippen molar-refractivity contribution in [1.82, 2.24) is 4.90 Å². The molecule has 0 atom stereocenters. The Morgan fingerprint density at radius 3 is 2.28 bits per heavy atom. The summed E-state index contributed by atoms with van der Waals surface area (Å²) >= 11 is 3.31. The highest BCUT2D eigenvalue weighted by Gasteiger charge is 2.26. The van der Waals surface area contributed by atoms with Crippen molar-refractivity contribution in [2.45, 2.75) is 19.8 Å². The van der Waals surface area contributed by atoms with Gasteiger partial charge in [0.05, 0.1) is 0 Å². The fraction of sp³-hybridized carbons (Fsp3) is 0.429. The van der Waals surface area contributed by atoms with Crippen LogP contribution in [0.3, 0.4) is 0 Å². The fourth-order valence-corrected chi connectivity index (χ4v) is 2.34. The number of hydrogen-bond donors (Lipinski definition) is 0. The Morgan fingerprint density at radius 2 is 1.72 bits per heavy atom. The van der Waals surface area contributed by atoms with Gasteiger partial charge in [0.1, 0.15) is 0 Å². The van der Waals surface area contributed by atoms with Crippen molar-refractivity contribution in [3.8, 4) is 0 Å². The summed E-state index contributed by atoms with van der Waals surface area (Å²) in [6, 6.07) is 6.91. The molecule has 0 spiro atoms. The highest BCUT2D eigenvalue weighted by Crippen LogP contribution is 2.17. The Kier molecular flexibility index (Phi) is 4.17. The van der Waals surface area contributed by atoms with Gasteiger partial charge in [-0.2, -0.15) is 0 Å². The van der Waals surface area contributed by atoms with E-state index in [1.165, 1.54) is 0 Å². The zero-order valence-corrected chi connectivity index (χ0v) is 11.9. The molecule has 1 aromatic rings. The van der Waals surface area contributed by atoms with Crippen molar-refractivity contribution in [3.63, 3.8) is 0 Å². The number of amides is 1. The lowest BCUT2D eigenvalue weighted by Gasteiger charge is -2.29. The van der Waals surface area contributed by atoms with Crippen LogP contribution >= 0.6 is 15.9 Å². The fourth-order valence-electron chi connectivity index (χ4n) is 2.08. The molecule has 96 valence electrons. The lowest BCUT2D eigenvalue weighted by Crippen LogP contribution is -2.41. The SMILES string of the molecule is CC1CCN(C(=O)C(=O)c2ccc(Br)cc2)CC1. The van der Waals surface area contributed by atoms with Crippen LogP contribution in [-0.2, 0) is 4.79 Å². The molecule has 0 radical (unpaired) electrons. The van der Waals surface area contributed by atoms with Gasteiger partial charge in [-0.3, -0.25) is 9.59 Å². The first-order chi connectivity index (χ1) is 8.58. The van der Waals surface area contributed by atoms with Gasteiger partial charge >= 0.3 is 0 Å². The largest absolute Gasteiger partial charge is 0.336 e. The average Bonchev–Trinajstić information content (AvgIpc) is 2.39. The van der Waals surface area contributed by atoms with Crippen LogP contribution < -0.4 is 0 Å². The second-order valence-corrected chi connectivity index (χ2v) is 5.73. The summed E-state index contributed by atoms with van der Waals surface area (Å²) in [7, 11) is 0. The monoisotopic (exact) mass is 309 g/mol. The molecule has 1 aliphatic rings. The topological polar surface area (TPSA) is 37.4 Å². The molecule has 0 N–H and O–H groups in total. The van der Waals surface area contributed by atoms with Gasteiger partial charge in [0.25, 0.3) is 5.91 Å². The van der Waals surface area contributed by atoms with Crippen LogP contribution in [0.4, 0.5) is 0 Å². The molecule has 2 rings (SSSR count). The molecule has 18 heavy (non-hydrogen) atoms. The molecule has 0 bridgehead atoms. The minimum Gasteiger partial charge on any atom is -0.336 e. The third-order valence-corrected chi connectivity index (χ3v) is 3.90. The number of hydrogen-bond acceptors (Lipinski definition) is 2. The molecule has 3 nitrogen and oxygen atoms in total. The van der Waals surface area contributed by atoms with Crippen molar-refractivity contribution >= 4 is 27.6 Å². The number of nitrogens with zero attached hydrogens (tertiary/aromatic N) is 1. The molecule has 1 saturated heterocycles. The normalized spacial score (nSPS) is 16.7. The number of likely N-dealkylation sites (tertiary alicyclic amines) is 1. The zero-order valence-electron chi connectivity index (χ0n) is 10.4. The van der Waals surface area contributed by atoms with E-state index >= 15 is 0 Å². The van der Waals surface area contributed by atoms with Gasteiger partial charge in [0.15, 0.2) is 0 Å². The molecule has 1 aromatic carbocycles. The quantitative estimate of drug-likeness (QED) is 0.622. The van der Waals surface area contributed by atoms with E-state index in [2.05, 4.69) is 22.9 Å². The molecule has 0 unspecified atom stereocenters. The summed E-state index contributed by atoms with van der Waals surface area (Å²) in [6.07, 6.45) is 1.97. The second-order valence-electron chi connectivity index (χ2n) is 4.81. The summed E-state index contributed by atoms with van der Waals surface area (Å²) in [6.45, 7) is 3.57. The first-order valence-electron chi connectivity index (χ1n) is 6.17. The predicted molar refractivity (Wildman–Crippen MR) is 73.5 cm³/mol. The van der Waals surface area contributed by atoms with Crippen LogP contribution in [0.5, 0.6) is 0 Å². The van der Waals surface area contributed by atoms with Crippen LogP contribution in [0.1, 0.15) is 30.1 Å². The molecule has 1 amide bonds. The first kappa shape index (κ1) is 13.3. The van der Waals surface area contributed by atoms with Crippen molar-refractivity contribution in [3.05, 3.63) is 34.3 Å². The average molecular weight is 310 g/mol. The summed E-state index contributed by atoms with van der Waals surface area (Å²) in [5, 5.41) is 0. The highest BCUT2D eigenvalue weighted by atomic mass is 79.9. The number of carbonyl (C=O) groups is 2. The Morgan fingerprint density at radius 1 is 1.17 bits per heavy atom. The van der Waals surface area contributed by atoms with Gasteiger partial charge in [-0.05, 0) is 43.0 Å². The smallest absolute Gasteiger partial charge is 0.294 e. The van der Waals surface area contributed by atoms with Crippen molar-refractivity contribution in [2.75, 3.05) is 13.1 Å². The van der Waals surface area contributed by atoms with E-state index in [0.29, 0.717) is 24.6 Å². The maximum Gasteiger partial charge on any atom is 0.294 e. The number of Topliss-reactive ketones (excluding diaryl/α,β-unsaturated/α-hetero) is 1. The molecule has 4 heteroatoms. The van der Waals surface area contributed by atoms with Gasteiger partial charge < -0.3 is 4.90 Å². The van der Waals surface area contributed by atoms with Gasteiger partial charge in [-0.15, -0.1) is 0 Å². The molecule has 1 aliphatic heterocycles. The number of carbonyl (C=O) groups excluding carboxylic acids is 2. The summed E-state index contributed by atoms with van der Waals surface area (Å²) in [4.78, 5) is 25.8. The number of piperidine rings is 1. The molecule has 1 fully saturated rings. The number of halogens is 1. The molecular weight excluding hydrogens is 294 g/mol. The van der Waals surface area contributed by atoms with E-state index in [0.717, 1.165) is 17.3 Å². The Bertz CT molecular complexity index is 447. The first-order valence-corrected chi connectivity index (χ1v) is 6.96. The Balaban J connectivity index is 2.05. The van der Waals surface area contributed by atoms with Gasteiger partial charge in [0.2, 0.25) is 5.78 Å². The van der Waals surface area contributed by atoms with Crippen molar-refractivity contribution in [2.24, 2.45) is 5.92 Å². The van der Waals surface area contributed by atoms with E-state index in [1.807, 2.05) is 0 Å². The lowest BCUT2D eigenvalue weighted by molar-refractivity contribution is -0.127. The maximum absolute atomic E-state index is 12.1. The summed E-state index contributed by atoms with van der Waals surface area (Å²) in [5.74, 6) is -0.127. The third-order valence-electron chi connectivity index (χ3n) is 3.37. The second kappa shape index (κ2) is 5.65. The van der Waals surface area contributed by atoms with Gasteiger partial charge in [0, 0.05) is 23.1 Å². The lowest BCUT2D eigenvalue weighted by atomic mass is 9.98. The summed E-state index contributed by atoms with van der Waals surface area (Å²) in [5.41, 5.74) is 0.460. The van der Waals surface area contributed by atoms with E-state index < -0.39 is 5.78 Å². The van der Waals surface area contributed by atoms with E-state index in [9.17, 15) is 9.59 Å². The van der Waals surface area contributed by atoms with E-state index in [4.69, 9.17) is 0 Å². The summed E-state index contributed by atoms with van der Waals surface area (Å²) < 4.78 is 0.901. The van der Waals surface area contributed by atoms with Gasteiger partial charge in [-0.1, -0.05) is 22.9 Å². The van der Waals surface area contributed by atoms with Crippen LogP contribution in [0.25, 0.3) is 0 Å². The van der Waals surface area contributed by atoms with Crippen LogP contribution in [0.15, 0.2) is 28.7 Å². The highest BCUT2D eigenvalue weighted by molar-refractivity contribution is 9.10. The molecular formula is C14H16BrNO2. The molecule has 0 aromatic heterocycles. The minimum atomic E-state index is -0.406. The Hall–Kier alpha value is -1.16. The standard InChI is InChI=1S/C14H16BrNO2/c1-10-6-8-16(9-7-10)14(18)13(17)11-2-4-12(15)5-3-11/h2-5,10H,6-9H2,1H3. The van der Waals surface area contributed by atoms with Crippen molar-refractivity contribution < 1.29 is 9.59 Å². The van der Waals surface area contributed by atoms with Crippen LogP contribution in [0, 0.1) is 5.92 Å². The molecule has 0 aliphatic carbocycles. The maximum atomic E-state index is 12.1. The minimum absolute atomic E-state index is 0.371. The number of benzene rings is 1. The zero-order chi connectivity index (χ0) is 13.1. The van der Waals surface area contributed by atoms with E-state index in [1.54, 1.807) is 29.2 Å². The number of rotatable bonds is 2. The van der Waals surface area contributed by atoms with Gasteiger partial charge in [-0.25, -0.2) is 0 Å². The predicted octanol–water partition coefficient (Wildman–Crippen LogP) is 2.89. The van der Waals surface area contributed by atoms with Crippen molar-refractivity contribution in [1.29, 1.82) is 0 Å². The van der Waals surface area contributed by atoms with Crippen LogP contribution in [0.2, 0.25) is 0 Å². The third kappa shape index (κ3) is 2.99. The Labute approximate surface area is 115 Å². The van der Waals surface area contributed by atoms with Crippen LogP contribution in [-0.4, -0.2) is 29.7 Å². The van der Waals surface area contributed by atoms with E-state index in [-0.39, 0.29) is 5.91 Å². The number of ketones is 1. The molecule has 1 heterocycles.